The van der Waals surface area contributed by atoms with E-state index in [-0.39, 0.29) is 40.4 Å². The molecule has 3 aliphatic carbocycles. The Hall–Kier alpha value is -3.74. The van der Waals surface area contributed by atoms with Gasteiger partial charge in [0.15, 0.2) is 9.84 Å². The lowest BCUT2D eigenvalue weighted by atomic mass is 9.83. The van der Waals surface area contributed by atoms with Crippen molar-refractivity contribution >= 4 is 39.4 Å². The van der Waals surface area contributed by atoms with Crippen molar-refractivity contribution in [2.75, 3.05) is 18.8 Å². The van der Waals surface area contributed by atoms with Gasteiger partial charge in [-0.05, 0) is 60.0 Å². The SMILES string of the molecule is C=CCNC(=O)C(=O)C(CC1CC1)NC(=O)[C@@H]1[C@@H]2C(CN1C(=O)[C@@H](NC(=O)NC1(CS(=O)(=O)c3ccccc3)CCCCC1)C(C)(C)C)C2(C)C. The molecule has 5 rings (SSSR count). The van der Waals surface area contributed by atoms with Crippen LogP contribution in [0.3, 0.4) is 0 Å². The van der Waals surface area contributed by atoms with Gasteiger partial charge in [-0.15, -0.1) is 6.58 Å². The number of rotatable bonds is 14. The van der Waals surface area contributed by atoms with Crippen LogP contribution in [0.1, 0.15) is 86.0 Å². The van der Waals surface area contributed by atoms with Gasteiger partial charge in [0.05, 0.1) is 22.2 Å². The highest BCUT2D eigenvalue weighted by molar-refractivity contribution is 7.91. The summed E-state index contributed by atoms with van der Waals surface area (Å²) < 4.78 is 27.0. The molecule has 1 aromatic rings. The van der Waals surface area contributed by atoms with Gasteiger partial charge in [0.25, 0.3) is 5.91 Å². The highest BCUT2D eigenvalue weighted by Gasteiger charge is 2.70. The summed E-state index contributed by atoms with van der Waals surface area (Å²) in [6, 6.07) is 4.60. The minimum absolute atomic E-state index is 0.0498. The van der Waals surface area contributed by atoms with Crippen molar-refractivity contribution in [2.24, 2.45) is 28.6 Å². The number of nitrogens with zero attached hydrogens (tertiary/aromatic N) is 1. The number of carbonyl (C=O) groups excluding carboxylic acids is 5. The van der Waals surface area contributed by atoms with Crippen LogP contribution in [0.2, 0.25) is 0 Å². The van der Waals surface area contributed by atoms with E-state index in [0.717, 1.165) is 32.1 Å². The molecule has 280 valence electrons. The molecule has 0 aromatic heterocycles. The molecule has 1 heterocycles. The van der Waals surface area contributed by atoms with Crippen molar-refractivity contribution in [1.29, 1.82) is 0 Å². The van der Waals surface area contributed by atoms with E-state index in [4.69, 9.17) is 0 Å². The van der Waals surface area contributed by atoms with Crippen LogP contribution in [0, 0.1) is 28.6 Å². The van der Waals surface area contributed by atoms with Gasteiger partial charge < -0.3 is 26.2 Å². The summed E-state index contributed by atoms with van der Waals surface area (Å²) in [5.74, 6) is -2.56. The summed E-state index contributed by atoms with van der Waals surface area (Å²) in [5.41, 5.74) is -2.00. The number of piperidine rings is 1. The molecule has 5 atom stereocenters. The maximum Gasteiger partial charge on any atom is 0.315 e. The fourth-order valence-electron chi connectivity index (χ4n) is 8.23. The fourth-order valence-corrected chi connectivity index (χ4v) is 10.1. The zero-order chi connectivity index (χ0) is 37.4. The van der Waals surface area contributed by atoms with Gasteiger partial charge in [-0.25, -0.2) is 13.2 Å². The third-order valence-corrected chi connectivity index (χ3v) is 13.4. The van der Waals surface area contributed by atoms with Gasteiger partial charge >= 0.3 is 6.03 Å². The van der Waals surface area contributed by atoms with E-state index in [9.17, 15) is 32.4 Å². The van der Waals surface area contributed by atoms with Crippen molar-refractivity contribution < 1.29 is 32.4 Å². The van der Waals surface area contributed by atoms with Crippen LogP contribution < -0.4 is 21.3 Å². The van der Waals surface area contributed by atoms with Gasteiger partial charge in [0, 0.05) is 13.1 Å². The summed E-state index contributed by atoms with van der Waals surface area (Å²) in [5, 5.41) is 11.2. The maximum absolute atomic E-state index is 14.5. The Bertz CT molecular complexity index is 1630. The molecule has 51 heavy (non-hydrogen) atoms. The monoisotopic (exact) mass is 725 g/mol. The van der Waals surface area contributed by atoms with E-state index in [1.807, 2.05) is 20.8 Å². The van der Waals surface area contributed by atoms with E-state index < -0.39 is 68.5 Å². The van der Waals surface area contributed by atoms with E-state index >= 15 is 0 Å². The fraction of sp³-hybridized carbons (Fsp3) is 0.658. The Kier molecular flexibility index (Phi) is 11.1. The third-order valence-electron chi connectivity index (χ3n) is 11.4. The average molecular weight is 726 g/mol. The molecular formula is C38H55N5O7S. The molecule has 13 heteroatoms. The second-order valence-corrected chi connectivity index (χ2v) is 18.8. The lowest BCUT2D eigenvalue weighted by molar-refractivity contribution is -0.145. The predicted octanol–water partition coefficient (Wildman–Crippen LogP) is 3.52. The van der Waals surface area contributed by atoms with Gasteiger partial charge in [-0.2, -0.15) is 0 Å². The number of fused-ring (bicyclic) bond motifs is 1. The minimum atomic E-state index is -3.73. The molecule has 4 fully saturated rings. The Morgan fingerprint density at radius 2 is 1.65 bits per heavy atom. The van der Waals surface area contributed by atoms with Crippen LogP contribution in [0.4, 0.5) is 4.79 Å². The molecule has 5 amide bonds. The first-order valence-electron chi connectivity index (χ1n) is 18.3. The first-order valence-corrected chi connectivity index (χ1v) is 20.0. The van der Waals surface area contributed by atoms with E-state index in [2.05, 4.69) is 41.7 Å². The lowest BCUT2D eigenvalue weighted by Gasteiger charge is -2.40. The Balaban J connectivity index is 1.34. The Labute approximate surface area is 302 Å². The largest absolute Gasteiger partial charge is 0.346 e. The number of benzene rings is 1. The Morgan fingerprint density at radius 3 is 2.24 bits per heavy atom. The molecule has 2 unspecified atom stereocenters. The second kappa shape index (κ2) is 14.7. The average Bonchev–Trinajstić information content (AvgIpc) is 3.92. The number of amides is 5. The highest BCUT2D eigenvalue weighted by Crippen LogP contribution is 2.65. The summed E-state index contributed by atoms with van der Waals surface area (Å²) in [6.45, 7) is 13.6. The number of ketones is 1. The zero-order valence-corrected chi connectivity index (χ0v) is 31.4. The summed E-state index contributed by atoms with van der Waals surface area (Å²) in [4.78, 5) is 70.0. The third kappa shape index (κ3) is 8.67. The first kappa shape index (κ1) is 38.5. The van der Waals surface area contributed by atoms with Gasteiger partial charge in [0.2, 0.25) is 17.6 Å². The van der Waals surface area contributed by atoms with Crippen LogP contribution in [0.15, 0.2) is 47.9 Å². The van der Waals surface area contributed by atoms with Crippen molar-refractivity contribution in [3.8, 4) is 0 Å². The van der Waals surface area contributed by atoms with Crippen molar-refractivity contribution in [1.82, 2.24) is 26.2 Å². The molecule has 1 aromatic carbocycles. The van der Waals surface area contributed by atoms with E-state index in [0.29, 0.717) is 25.8 Å². The molecule has 4 aliphatic rings. The van der Waals surface area contributed by atoms with Crippen LogP contribution in [-0.2, 0) is 29.0 Å². The molecule has 0 radical (unpaired) electrons. The van der Waals surface area contributed by atoms with Crippen LogP contribution in [0.25, 0.3) is 0 Å². The maximum atomic E-state index is 14.5. The van der Waals surface area contributed by atoms with Crippen LogP contribution >= 0.6 is 0 Å². The summed E-state index contributed by atoms with van der Waals surface area (Å²) in [6.07, 6.45) is 7.07. The van der Waals surface area contributed by atoms with Crippen LogP contribution in [-0.4, -0.2) is 85.4 Å². The number of Topliss-reactive ketones (excluding diaryl/α,β-unsaturated/α-hetero) is 1. The number of hydrogen-bond donors (Lipinski definition) is 4. The number of hydrogen-bond acceptors (Lipinski definition) is 7. The summed E-state index contributed by atoms with van der Waals surface area (Å²) in [7, 11) is -3.73. The molecule has 0 spiro atoms. The molecule has 1 aliphatic heterocycles. The van der Waals surface area contributed by atoms with Gasteiger partial charge in [0.1, 0.15) is 12.1 Å². The van der Waals surface area contributed by atoms with Gasteiger partial charge in [-0.3, -0.25) is 19.2 Å². The molecule has 4 N–H and O–H groups in total. The first-order chi connectivity index (χ1) is 23.9. The van der Waals surface area contributed by atoms with Crippen LogP contribution in [0.5, 0.6) is 0 Å². The van der Waals surface area contributed by atoms with Gasteiger partial charge in [-0.1, -0.05) is 91.0 Å². The molecule has 3 saturated carbocycles. The number of urea groups is 1. The number of sulfone groups is 1. The van der Waals surface area contributed by atoms with Crippen molar-refractivity contribution in [2.45, 2.75) is 115 Å². The lowest BCUT2D eigenvalue weighted by Crippen LogP contribution is -2.63. The van der Waals surface area contributed by atoms with Crippen molar-refractivity contribution in [3.63, 3.8) is 0 Å². The molecule has 0 bridgehead atoms. The van der Waals surface area contributed by atoms with Crippen molar-refractivity contribution in [3.05, 3.63) is 43.0 Å². The highest BCUT2D eigenvalue weighted by atomic mass is 32.2. The normalized spacial score (nSPS) is 24.6. The second-order valence-electron chi connectivity index (χ2n) is 16.8. The quantitative estimate of drug-likeness (QED) is 0.168. The predicted molar refractivity (Wildman–Crippen MR) is 193 cm³/mol. The standard InChI is InChI=1S/C38H55N5O7S/c1-7-20-39-33(46)30(44)27(21-24-16-17-24)40-32(45)29-28-26(37(28,5)6)22-43(29)34(47)31(36(2,3)4)41-35(48)42-38(18-12-9-13-19-38)23-51(49,50)25-14-10-8-11-15-25/h7-8,10-11,14-15,24,26-29,31H,1,9,12-13,16-23H2,2-6H3,(H,39,46)(H,40,45)(H2,41,42,48)/t26?,27?,28-,29-,31+/m0/s1. The smallest absolute Gasteiger partial charge is 0.315 e. The molecular weight excluding hydrogens is 671 g/mol. The Morgan fingerprint density at radius 1 is 1.00 bits per heavy atom. The summed E-state index contributed by atoms with van der Waals surface area (Å²) >= 11 is 0. The topological polar surface area (TPSA) is 171 Å². The minimum Gasteiger partial charge on any atom is -0.346 e. The number of carbonyl (C=O) groups is 5. The molecule has 1 saturated heterocycles. The van der Waals surface area contributed by atoms with E-state index in [1.165, 1.54) is 11.0 Å². The number of nitrogens with one attached hydrogen (secondary N) is 4. The van der Waals surface area contributed by atoms with E-state index in [1.54, 1.807) is 30.3 Å². The number of likely N-dealkylation sites (tertiary alicyclic amines) is 1. The zero-order valence-electron chi connectivity index (χ0n) is 30.6. The molecule has 12 nitrogen and oxygen atoms in total.